The Morgan fingerprint density at radius 2 is 2.30 bits per heavy atom. The zero-order valence-corrected chi connectivity index (χ0v) is 12.2. The Hall–Kier alpha value is -1.19. The molecule has 0 N–H and O–H groups in total. The lowest BCUT2D eigenvalue weighted by Gasteiger charge is -2.39. The summed E-state index contributed by atoms with van der Waals surface area (Å²) in [6.07, 6.45) is 10.9. The van der Waals surface area contributed by atoms with Crippen molar-refractivity contribution in [3.05, 3.63) is 37.5 Å². The first-order valence-electron chi connectivity index (χ1n) is 7.24. The Labute approximate surface area is 121 Å². The van der Waals surface area contributed by atoms with Gasteiger partial charge in [-0.2, -0.15) is 0 Å². The number of fused-ring (bicyclic) bond motifs is 2. The van der Waals surface area contributed by atoms with Crippen LogP contribution >= 0.6 is 0 Å². The van der Waals surface area contributed by atoms with Crippen LogP contribution in [-0.4, -0.2) is 25.8 Å². The van der Waals surface area contributed by atoms with Gasteiger partial charge in [0.1, 0.15) is 12.6 Å². The van der Waals surface area contributed by atoms with E-state index >= 15 is 0 Å². The Kier molecular flexibility index (Phi) is 4.95. The second-order valence-corrected chi connectivity index (χ2v) is 5.71. The molecule has 1 unspecified atom stereocenters. The van der Waals surface area contributed by atoms with Crippen molar-refractivity contribution in [3.8, 4) is 0 Å². The van der Waals surface area contributed by atoms with Crippen LogP contribution in [0.2, 0.25) is 0 Å². The predicted octanol–water partition coefficient (Wildman–Crippen LogP) is 3.28. The molecule has 2 rings (SSSR count). The monoisotopic (exact) mass is 276 g/mol. The fourth-order valence-electron chi connectivity index (χ4n) is 3.73. The van der Waals surface area contributed by atoms with E-state index in [0.717, 1.165) is 19.3 Å². The molecule has 0 radical (unpaired) electrons. The smallest absolute Gasteiger partial charge is 0.147 e. The van der Waals surface area contributed by atoms with Gasteiger partial charge in [-0.1, -0.05) is 24.3 Å². The average molecular weight is 276 g/mol. The molecular formula is C17H24O3. The van der Waals surface area contributed by atoms with Gasteiger partial charge in [-0.3, -0.25) is 4.79 Å². The van der Waals surface area contributed by atoms with Crippen molar-refractivity contribution in [1.29, 1.82) is 0 Å². The molecule has 0 saturated heterocycles. The zero-order valence-electron chi connectivity index (χ0n) is 12.2. The summed E-state index contributed by atoms with van der Waals surface area (Å²) in [4.78, 5) is 12.8. The predicted molar refractivity (Wildman–Crippen MR) is 79.2 cm³/mol. The van der Waals surface area contributed by atoms with Gasteiger partial charge in [0.15, 0.2) is 0 Å². The van der Waals surface area contributed by atoms with Crippen molar-refractivity contribution in [2.45, 2.75) is 31.8 Å². The van der Waals surface area contributed by atoms with E-state index in [1.54, 1.807) is 19.3 Å². The summed E-state index contributed by atoms with van der Waals surface area (Å²) in [5.41, 5.74) is -0.456. The topological polar surface area (TPSA) is 35.5 Å². The number of rotatable bonds is 9. The molecule has 20 heavy (non-hydrogen) atoms. The molecule has 2 aliphatic carbocycles. The van der Waals surface area contributed by atoms with E-state index in [-0.39, 0.29) is 24.6 Å². The Morgan fingerprint density at radius 3 is 2.80 bits per heavy atom. The van der Waals surface area contributed by atoms with Crippen LogP contribution in [0.1, 0.15) is 25.7 Å². The summed E-state index contributed by atoms with van der Waals surface area (Å²) >= 11 is 0. The summed E-state index contributed by atoms with van der Waals surface area (Å²) in [6.45, 7) is 7.77. The molecule has 110 valence electrons. The highest BCUT2D eigenvalue weighted by atomic mass is 16.7. The summed E-state index contributed by atoms with van der Waals surface area (Å²) in [7, 11) is 1.59. The van der Waals surface area contributed by atoms with E-state index in [0.29, 0.717) is 12.3 Å². The highest BCUT2D eigenvalue weighted by molar-refractivity contribution is 5.87. The molecule has 0 aromatic heterocycles. The fraction of sp³-hybridized carbons (Fsp3) is 0.588. The number of ketones is 1. The van der Waals surface area contributed by atoms with Crippen LogP contribution < -0.4 is 0 Å². The quantitative estimate of drug-likeness (QED) is 0.479. The van der Waals surface area contributed by atoms with Gasteiger partial charge >= 0.3 is 0 Å². The third-order valence-electron chi connectivity index (χ3n) is 4.62. The van der Waals surface area contributed by atoms with Crippen LogP contribution in [0.25, 0.3) is 0 Å². The lowest BCUT2D eigenvalue weighted by Crippen LogP contribution is -2.46. The van der Waals surface area contributed by atoms with Crippen molar-refractivity contribution in [2.75, 3.05) is 13.9 Å². The van der Waals surface area contributed by atoms with Crippen molar-refractivity contribution < 1.29 is 14.3 Å². The highest BCUT2D eigenvalue weighted by Gasteiger charge is 2.56. The van der Waals surface area contributed by atoms with Gasteiger partial charge in [-0.05, 0) is 31.1 Å². The van der Waals surface area contributed by atoms with E-state index in [4.69, 9.17) is 9.47 Å². The number of Topliss-reactive ketones (excluding diaryl/α,β-unsaturated/α-hetero) is 1. The van der Waals surface area contributed by atoms with E-state index in [1.165, 1.54) is 0 Å². The lowest BCUT2D eigenvalue weighted by atomic mass is 9.67. The van der Waals surface area contributed by atoms with E-state index in [1.807, 2.05) is 0 Å². The lowest BCUT2D eigenvalue weighted by molar-refractivity contribution is -0.148. The van der Waals surface area contributed by atoms with Crippen LogP contribution in [0, 0.1) is 17.3 Å². The van der Waals surface area contributed by atoms with Gasteiger partial charge in [-0.15, -0.1) is 13.2 Å². The maximum absolute atomic E-state index is 12.8. The van der Waals surface area contributed by atoms with Crippen LogP contribution in [0.4, 0.5) is 0 Å². The van der Waals surface area contributed by atoms with Crippen molar-refractivity contribution in [2.24, 2.45) is 17.3 Å². The van der Waals surface area contributed by atoms with Gasteiger partial charge in [-0.25, -0.2) is 0 Å². The summed E-state index contributed by atoms with van der Waals surface area (Å²) in [5.74, 6) is 1.04. The molecule has 2 aliphatic rings. The number of ether oxygens (including phenoxy) is 2. The van der Waals surface area contributed by atoms with Gasteiger partial charge in [0, 0.05) is 13.5 Å². The summed E-state index contributed by atoms with van der Waals surface area (Å²) in [5, 5.41) is 0. The maximum Gasteiger partial charge on any atom is 0.147 e. The van der Waals surface area contributed by atoms with E-state index in [2.05, 4.69) is 25.3 Å². The minimum absolute atomic E-state index is 0.189. The first kappa shape index (κ1) is 15.2. The van der Waals surface area contributed by atoms with Crippen LogP contribution in [0.3, 0.4) is 0 Å². The Morgan fingerprint density at radius 1 is 1.50 bits per heavy atom. The van der Waals surface area contributed by atoms with Crippen LogP contribution in [0.5, 0.6) is 0 Å². The van der Waals surface area contributed by atoms with E-state index in [9.17, 15) is 4.79 Å². The largest absolute Gasteiger partial charge is 0.359 e. The van der Waals surface area contributed by atoms with E-state index < -0.39 is 5.41 Å². The zero-order chi connectivity index (χ0) is 14.6. The second kappa shape index (κ2) is 6.51. The molecule has 0 aromatic rings. The highest BCUT2D eigenvalue weighted by Crippen LogP contribution is 2.56. The first-order valence-corrected chi connectivity index (χ1v) is 7.24. The summed E-state index contributed by atoms with van der Waals surface area (Å²) in [6, 6.07) is 0. The standard InChI is InChI=1S/C17H24O3/c1-4-6-7-15(18)17(16(5-2)20-12-19-3)11-13-8-9-14(17)10-13/h4-5,8-9,13-14,16H,1-2,6-7,10-12H2,3H3/t13-,14+,16?,17+/m0/s1. The molecule has 0 aliphatic heterocycles. The molecule has 2 bridgehead atoms. The van der Waals surface area contributed by atoms with Gasteiger partial charge in [0.05, 0.1) is 11.5 Å². The van der Waals surface area contributed by atoms with Crippen molar-refractivity contribution in [3.63, 3.8) is 0 Å². The van der Waals surface area contributed by atoms with Crippen LogP contribution in [0.15, 0.2) is 37.5 Å². The number of allylic oxidation sites excluding steroid dienone is 3. The molecule has 3 heteroatoms. The molecule has 1 saturated carbocycles. The number of hydrogen-bond donors (Lipinski definition) is 0. The fourth-order valence-corrected chi connectivity index (χ4v) is 3.73. The third-order valence-corrected chi connectivity index (χ3v) is 4.62. The molecule has 0 aromatic carbocycles. The number of methoxy groups -OCH3 is 1. The molecule has 0 spiro atoms. The van der Waals surface area contributed by atoms with Gasteiger partial charge < -0.3 is 9.47 Å². The van der Waals surface area contributed by atoms with Gasteiger partial charge in [0.2, 0.25) is 0 Å². The maximum atomic E-state index is 12.8. The normalized spacial score (nSPS) is 32.2. The molecule has 0 heterocycles. The Bertz CT molecular complexity index is 412. The average Bonchev–Trinajstić information content (AvgIpc) is 3.07. The molecule has 0 amide bonds. The minimum Gasteiger partial charge on any atom is -0.359 e. The summed E-state index contributed by atoms with van der Waals surface area (Å²) < 4.78 is 10.8. The number of carbonyl (C=O) groups is 1. The number of hydrogen-bond acceptors (Lipinski definition) is 3. The number of carbonyl (C=O) groups excluding carboxylic acids is 1. The van der Waals surface area contributed by atoms with Gasteiger partial charge in [0.25, 0.3) is 0 Å². The molecule has 4 atom stereocenters. The molecular weight excluding hydrogens is 252 g/mol. The third kappa shape index (κ3) is 2.52. The second-order valence-electron chi connectivity index (χ2n) is 5.71. The SMILES string of the molecule is C=CCCC(=O)[C@@]1(C(C=C)OCOC)C[C@H]2C=C[C@@H]1C2. The Balaban J connectivity index is 2.24. The minimum atomic E-state index is -0.456. The van der Waals surface area contributed by atoms with Crippen molar-refractivity contribution in [1.82, 2.24) is 0 Å². The molecule has 3 nitrogen and oxygen atoms in total. The first-order chi connectivity index (χ1) is 9.68. The molecule has 1 fully saturated rings. The van der Waals surface area contributed by atoms with Crippen LogP contribution in [-0.2, 0) is 14.3 Å². The van der Waals surface area contributed by atoms with Crippen molar-refractivity contribution >= 4 is 5.78 Å².